The summed E-state index contributed by atoms with van der Waals surface area (Å²) in [6.07, 6.45) is 1.17. The van der Waals surface area contributed by atoms with Crippen LogP contribution in [0.5, 0.6) is 0 Å². The summed E-state index contributed by atoms with van der Waals surface area (Å²) in [6.45, 7) is 8.91. The van der Waals surface area contributed by atoms with E-state index in [0.717, 1.165) is 0 Å². The summed E-state index contributed by atoms with van der Waals surface area (Å²) in [7, 11) is 0. The van der Waals surface area contributed by atoms with Gasteiger partial charge in [-0.3, -0.25) is 4.79 Å². The van der Waals surface area contributed by atoms with Crippen molar-refractivity contribution in [3.05, 3.63) is 41.3 Å². The Balaban J connectivity index is 1.97. The quantitative estimate of drug-likeness (QED) is 0.280. The second-order valence-corrected chi connectivity index (χ2v) is 8.23. The fourth-order valence-electron chi connectivity index (χ4n) is 2.97. The highest BCUT2D eigenvalue weighted by Crippen LogP contribution is 2.21. The van der Waals surface area contributed by atoms with Gasteiger partial charge in [-0.25, -0.2) is 14.1 Å². The van der Waals surface area contributed by atoms with Crippen molar-refractivity contribution in [1.29, 1.82) is 5.26 Å². The molecule has 2 rings (SSSR count). The van der Waals surface area contributed by atoms with Gasteiger partial charge in [0, 0.05) is 18.6 Å². The highest BCUT2D eigenvalue weighted by Gasteiger charge is 2.16. The predicted molar refractivity (Wildman–Crippen MR) is 123 cm³/mol. The molecule has 1 aromatic heterocycles. The van der Waals surface area contributed by atoms with Gasteiger partial charge in [-0.2, -0.15) is 10.4 Å². The van der Waals surface area contributed by atoms with Crippen LogP contribution in [0, 0.1) is 17.1 Å². The SMILES string of the molecule is CCNC(=NCC(=O)NC(C)(C)C)NCCCc1nn(-c2ccc(F)cc2)c(N)c1C#N. The molecule has 0 unspecified atom stereocenters. The van der Waals surface area contributed by atoms with E-state index in [-0.39, 0.29) is 29.6 Å². The number of nitrogens with zero attached hydrogens (tertiary/aromatic N) is 4. The van der Waals surface area contributed by atoms with Gasteiger partial charge in [-0.15, -0.1) is 0 Å². The summed E-state index contributed by atoms with van der Waals surface area (Å²) in [4.78, 5) is 16.3. The van der Waals surface area contributed by atoms with Gasteiger partial charge in [-0.05, 0) is 64.8 Å². The highest BCUT2D eigenvalue weighted by molar-refractivity contribution is 5.85. The van der Waals surface area contributed by atoms with Gasteiger partial charge < -0.3 is 21.7 Å². The van der Waals surface area contributed by atoms with Gasteiger partial charge in [0.05, 0.1) is 11.4 Å². The lowest BCUT2D eigenvalue weighted by molar-refractivity contribution is -0.121. The van der Waals surface area contributed by atoms with E-state index in [1.54, 1.807) is 12.1 Å². The van der Waals surface area contributed by atoms with Crippen molar-refractivity contribution in [2.24, 2.45) is 4.99 Å². The monoisotopic (exact) mass is 442 g/mol. The summed E-state index contributed by atoms with van der Waals surface area (Å²) in [5.41, 5.74) is 7.25. The number of guanidine groups is 1. The number of rotatable bonds is 8. The molecule has 0 spiro atoms. The Bertz CT molecular complexity index is 983. The fourth-order valence-corrected chi connectivity index (χ4v) is 2.97. The number of nitrogens with two attached hydrogens (primary N) is 1. The zero-order chi connectivity index (χ0) is 23.7. The minimum atomic E-state index is -0.361. The third-order valence-electron chi connectivity index (χ3n) is 4.30. The van der Waals surface area contributed by atoms with Crippen molar-refractivity contribution in [1.82, 2.24) is 25.7 Å². The van der Waals surface area contributed by atoms with Crippen LogP contribution in [0.25, 0.3) is 5.69 Å². The van der Waals surface area contributed by atoms with Gasteiger partial charge >= 0.3 is 0 Å². The summed E-state index contributed by atoms with van der Waals surface area (Å²) in [6, 6.07) is 7.84. The Morgan fingerprint density at radius 3 is 2.56 bits per heavy atom. The van der Waals surface area contributed by atoms with E-state index >= 15 is 0 Å². The normalized spacial score (nSPS) is 11.7. The highest BCUT2D eigenvalue weighted by atomic mass is 19.1. The summed E-state index contributed by atoms with van der Waals surface area (Å²) < 4.78 is 14.6. The molecule has 2 aromatic rings. The molecular weight excluding hydrogens is 411 g/mol. The smallest absolute Gasteiger partial charge is 0.242 e. The number of aryl methyl sites for hydroxylation is 1. The number of hydrogen-bond acceptors (Lipinski definition) is 5. The average Bonchev–Trinajstić information content (AvgIpc) is 3.03. The molecule has 10 heteroatoms. The first-order chi connectivity index (χ1) is 15.1. The van der Waals surface area contributed by atoms with Crippen LogP contribution in [-0.2, 0) is 11.2 Å². The van der Waals surface area contributed by atoms with Crippen LogP contribution in [0.3, 0.4) is 0 Å². The summed E-state index contributed by atoms with van der Waals surface area (Å²) >= 11 is 0. The molecule has 0 atom stereocenters. The number of nitrogen functional groups attached to an aromatic ring is 1. The van der Waals surface area contributed by atoms with Crippen LogP contribution >= 0.6 is 0 Å². The van der Waals surface area contributed by atoms with Crippen molar-refractivity contribution in [2.45, 2.75) is 46.1 Å². The zero-order valence-corrected chi connectivity index (χ0v) is 19.0. The minimum Gasteiger partial charge on any atom is -0.382 e. The van der Waals surface area contributed by atoms with E-state index in [1.807, 2.05) is 27.7 Å². The van der Waals surface area contributed by atoms with Crippen LogP contribution in [-0.4, -0.2) is 46.8 Å². The van der Waals surface area contributed by atoms with Gasteiger partial charge in [0.2, 0.25) is 5.91 Å². The van der Waals surface area contributed by atoms with Crippen LogP contribution in [0.2, 0.25) is 0 Å². The van der Waals surface area contributed by atoms with E-state index in [2.05, 4.69) is 32.1 Å². The van der Waals surface area contributed by atoms with Crippen molar-refractivity contribution in [2.75, 3.05) is 25.4 Å². The first kappa shape index (κ1) is 24.7. The van der Waals surface area contributed by atoms with Gasteiger partial charge in [0.1, 0.15) is 29.8 Å². The Hall–Kier alpha value is -3.61. The number of nitrogens with one attached hydrogen (secondary N) is 3. The first-order valence-corrected chi connectivity index (χ1v) is 10.5. The molecule has 9 nitrogen and oxygen atoms in total. The number of carbonyl (C=O) groups is 1. The average molecular weight is 443 g/mol. The predicted octanol–water partition coefficient (Wildman–Crippen LogP) is 1.87. The molecular formula is C22H31FN8O. The molecule has 1 amide bonds. The van der Waals surface area contributed by atoms with E-state index in [4.69, 9.17) is 5.73 Å². The molecule has 0 aliphatic heterocycles. The van der Waals surface area contributed by atoms with Crippen molar-refractivity contribution >= 4 is 17.7 Å². The Labute approximate surface area is 187 Å². The lowest BCUT2D eigenvalue weighted by atomic mass is 10.1. The standard InChI is InChI=1S/C22H31FN8O/c1-5-26-21(28-14-19(32)29-22(2,3)4)27-12-6-7-18-17(13-24)20(25)31(30-18)16-10-8-15(23)9-11-16/h8-11H,5-7,12,14,25H2,1-4H3,(H,29,32)(H2,26,27,28). The largest absolute Gasteiger partial charge is 0.382 e. The Morgan fingerprint density at radius 1 is 1.28 bits per heavy atom. The molecule has 0 aliphatic carbocycles. The minimum absolute atomic E-state index is 0.0177. The van der Waals surface area contributed by atoms with Crippen molar-refractivity contribution in [3.63, 3.8) is 0 Å². The molecule has 1 aromatic carbocycles. The number of halogens is 1. The third kappa shape index (κ3) is 7.27. The van der Waals surface area contributed by atoms with Crippen LogP contribution < -0.4 is 21.7 Å². The lowest BCUT2D eigenvalue weighted by Crippen LogP contribution is -2.43. The molecule has 0 bridgehead atoms. The Morgan fingerprint density at radius 2 is 1.97 bits per heavy atom. The molecule has 32 heavy (non-hydrogen) atoms. The van der Waals surface area contributed by atoms with Crippen molar-refractivity contribution in [3.8, 4) is 11.8 Å². The molecule has 172 valence electrons. The van der Waals surface area contributed by atoms with E-state index in [0.29, 0.717) is 48.8 Å². The van der Waals surface area contributed by atoms with E-state index in [9.17, 15) is 14.4 Å². The topological polar surface area (TPSA) is 133 Å². The molecule has 0 radical (unpaired) electrons. The van der Waals surface area contributed by atoms with Crippen LogP contribution in [0.4, 0.5) is 10.2 Å². The third-order valence-corrected chi connectivity index (χ3v) is 4.30. The number of anilines is 1. The first-order valence-electron chi connectivity index (χ1n) is 10.5. The summed E-state index contributed by atoms with van der Waals surface area (Å²) in [5.74, 6) is 0.241. The number of benzene rings is 1. The number of carbonyl (C=O) groups excluding carboxylic acids is 1. The zero-order valence-electron chi connectivity index (χ0n) is 19.0. The second kappa shape index (κ2) is 11.1. The van der Waals surface area contributed by atoms with Gasteiger partial charge in [0.25, 0.3) is 0 Å². The second-order valence-electron chi connectivity index (χ2n) is 8.23. The lowest BCUT2D eigenvalue weighted by Gasteiger charge is -2.20. The molecule has 0 saturated heterocycles. The number of amides is 1. The number of aromatic nitrogens is 2. The maximum Gasteiger partial charge on any atom is 0.242 e. The molecule has 0 fully saturated rings. The number of aliphatic imine (C=N–C) groups is 1. The molecule has 0 saturated carbocycles. The fraction of sp³-hybridized carbons (Fsp3) is 0.455. The van der Waals surface area contributed by atoms with Gasteiger partial charge in [-0.1, -0.05) is 0 Å². The maximum absolute atomic E-state index is 13.2. The molecule has 5 N–H and O–H groups in total. The van der Waals surface area contributed by atoms with E-state index in [1.165, 1.54) is 16.8 Å². The molecule has 0 aliphatic rings. The van der Waals surface area contributed by atoms with Crippen LogP contribution in [0.1, 0.15) is 45.4 Å². The maximum atomic E-state index is 13.2. The van der Waals surface area contributed by atoms with Crippen LogP contribution in [0.15, 0.2) is 29.3 Å². The Kier molecular flexibility index (Phi) is 8.58. The van der Waals surface area contributed by atoms with Crippen molar-refractivity contribution < 1.29 is 9.18 Å². The number of hydrogen-bond donors (Lipinski definition) is 4. The van der Waals surface area contributed by atoms with E-state index < -0.39 is 0 Å². The molecule has 1 heterocycles. The van der Waals surface area contributed by atoms with Gasteiger partial charge in [0.15, 0.2) is 5.96 Å². The number of nitriles is 1. The summed E-state index contributed by atoms with van der Waals surface area (Å²) in [5, 5.41) is 23.1.